The van der Waals surface area contributed by atoms with Gasteiger partial charge in [-0.25, -0.2) is 13.6 Å². The average molecular weight is 388 g/mol. The number of fused-ring (bicyclic) bond motifs is 1. The van der Waals surface area contributed by atoms with E-state index in [1.165, 1.54) is 18.2 Å². The van der Waals surface area contributed by atoms with Crippen LogP contribution in [0.3, 0.4) is 0 Å². The van der Waals surface area contributed by atoms with E-state index in [0.29, 0.717) is 16.7 Å². The Balaban J connectivity index is 1.48. The molecule has 0 aliphatic rings. The highest BCUT2D eigenvalue weighted by Gasteiger charge is 2.09. The van der Waals surface area contributed by atoms with E-state index in [-0.39, 0.29) is 18.8 Å². The van der Waals surface area contributed by atoms with E-state index in [0.717, 1.165) is 12.1 Å². The molecule has 0 spiro atoms. The number of amides is 2. The molecule has 2 aromatic carbocycles. The number of carbonyl (C=O) groups is 2. The topological polar surface area (TPSA) is 97.6 Å². The molecule has 0 bridgehead atoms. The monoisotopic (exact) mass is 388 g/mol. The second kappa shape index (κ2) is 8.30. The zero-order valence-electron chi connectivity index (χ0n) is 14.3. The Hall–Kier alpha value is -3.75. The Kier molecular flexibility index (Phi) is 5.64. The van der Waals surface area contributed by atoms with Crippen molar-refractivity contribution in [2.45, 2.75) is 0 Å². The first-order chi connectivity index (χ1) is 13.4. The van der Waals surface area contributed by atoms with Gasteiger partial charge in [0, 0.05) is 29.3 Å². The van der Waals surface area contributed by atoms with Crippen LogP contribution < -0.4 is 21.0 Å². The van der Waals surface area contributed by atoms with Crippen LogP contribution in [0.25, 0.3) is 11.0 Å². The summed E-state index contributed by atoms with van der Waals surface area (Å²) in [7, 11) is 0. The fourth-order valence-corrected chi connectivity index (χ4v) is 2.29. The molecule has 0 unspecified atom stereocenters. The number of anilines is 1. The van der Waals surface area contributed by atoms with Crippen LogP contribution in [0.15, 0.2) is 57.7 Å². The second-order valence-electron chi connectivity index (χ2n) is 5.70. The molecule has 28 heavy (non-hydrogen) atoms. The molecule has 0 aliphatic heterocycles. The van der Waals surface area contributed by atoms with Gasteiger partial charge in [0.15, 0.2) is 18.2 Å². The Morgan fingerprint density at radius 1 is 0.964 bits per heavy atom. The van der Waals surface area contributed by atoms with Gasteiger partial charge in [-0.15, -0.1) is 0 Å². The van der Waals surface area contributed by atoms with E-state index in [1.807, 2.05) is 0 Å². The van der Waals surface area contributed by atoms with Gasteiger partial charge in [0.05, 0.1) is 6.54 Å². The highest BCUT2D eigenvalue weighted by Crippen LogP contribution is 2.19. The third kappa shape index (κ3) is 4.91. The summed E-state index contributed by atoms with van der Waals surface area (Å²) in [4.78, 5) is 34.8. The first-order valence-electron chi connectivity index (χ1n) is 8.09. The molecule has 2 N–H and O–H groups in total. The Morgan fingerprint density at radius 3 is 2.54 bits per heavy atom. The summed E-state index contributed by atoms with van der Waals surface area (Å²) >= 11 is 0. The van der Waals surface area contributed by atoms with Crippen LogP contribution >= 0.6 is 0 Å². The van der Waals surface area contributed by atoms with Crippen LogP contribution in [0.2, 0.25) is 0 Å². The number of rotatable bonds is 6. The Bertz CT molecular complexity index is 1100. The second-order valence-corrected chi connectivity index (χ2v) is 5.70. The zero-order chi connectivity index (χ0) is 20.1. The first-order valence-corrected chi connectivity index (χ1v) is 8.09. The van der Waals surface area contributed by atoms with Crippen LogP contribution in [0, 0.1) is 11.6 Å². The van der Waals surface area contributed by atoms with Crippen molar-refractivity contribution in [1.29, 1.82) is 0 Å². The third-order valence-corrected chi connectivity index (χ3v) is 3.61. The van der Waals surface area contributed by atoms with Crippen LogP contribution in [0.5, 0.6) is 5.75 Å². The number of ether oxygens (including phenoxy) is 1. The third-order valence-electron chi connectivity index (χ3n) is 3.61. The number of nitrogens with one attached hydrogen (secondary N) is 2. The summed E-state index contributed by atoms with van der Waals surface area (Å²) in [5, 5.41) is 5.35. The standard InChI is InChI=1S/C19H14F2N2O5/c20-14-5-3-12(7-15(14)21)23-17(24)9-22-18(25)10-27-13-4-1-11-2-6-19(26)28-16(11)8-13/h1-8H,9-10H2,(H,22,25)(H,23,24). The van der Waals surface area contributed by atoms with Crippen LogP contribution in [-0.2, 0) is 9.59 Å². The Morgan fingerprint density at radius 2 is 1.75 bits per heavy atom. The molecule has 7 nitrogen and oxygen atoms in total. The molecule has 1 aromatic heterocycles. The predicted octanol–water partition coefficient (Wildman–Crippen LogP) is 2.20. The van der Waals surface area contributed by atoms with Gasteiger partial charge in [-0.2, -0.15) is 0 Å². The maximum absolute atomic E-state index is 13.1. The van der Waals surface area contributed by atoms with Gasteiger partial charge in [-0.05, 0) is 30.3 Å². The van der Waals surface area contributed by atoms with Crippen LogP contribution in [0.1, 0.15) is 0 Å². The maximum Gasteiger partial charge on any atom is 0.336 e. The molecule has 9 heteroatoms. The number of halogens is 2. The summed E-state index contributed by atoms with van der Waals surface area (Å²) in [6.07, 6.45) is 0. The van der Waals surface area contributed by atoms with Gasteiger partial charge in [-0.1, -0.05) is 0 Å². The fraction of sp³-hybridized carbons (Fsp3) is 0.105. The molecular formula is C19H14F2N2O5. The van der Waals surface area contributed by atoms with Crippen molar-refractivity contribution < 1.29 is 27.5 Å². The van der Waals surface area contributed by atoms with Crippen LogP contribution in [-0.4, -0.2) is 25.0 Å². The molecule has 0 saturated carbocycles. The molecule has 0 atom stereocenters. The fourth-order valence-electron chi connectivity index (χ4n) is 2.29. The number of carbonyl (C=O) groups excluding carboxylic acids is 2. The van der Waals surface area contributed by atoms with Crippen molar-refractivity contribution in [3.05, 3.63) is 70.6 Å². The van der Waals surface area contributed by atoms with E-state index in [2.05, 4.69) is 10.6 Å². The molecule has 2 amide bonds. The van der Waals surface area contributed by atoms with Crippen molar-refractivity contribution in [2.75, 3.05) is 18.5 Å². The van der Waals surface area contributed by atoms with E-state index in [1.54, 1.807) is 18.2 Å². The van der Waals surface area contributed by atoms with Gasteiger partial charge < -0.3 is 19.8 Å². The van der Waals surface area contributed by atoms with Gasteiger partial charge >= 0.3 is 5.63 Å². The Labute approximate surface area is 156 Å². The molecule has 3 rings (SSSR count). The van der Waals surface area contributed by atoms with Gasteiger partial charge in [0.1, 0.15) is 11.3 Å². The van der Waals surface area contributed by atoms with E-state index in [9.17, 15) is 23.2 Å². The van der Waals surface area contributed by atoms with Crippen molar-refractivity contribution >= 4 is 28.5 Å². The smallest absolute Gasteiger partial charge is 0.336 e. The lowest BCUT2D eigenvalue weighted by Crippen LogP contribution is -2.35. The molecule has 3 aromatic rings. The van der Waals surface area contributed by atoms with Crippen molar-refractivity contribution in [2.24, 2.45) is 0 Å². The van der Waals surface area contributed by atoms with Crippen molar-refractivity contribution in [3.8, 4) is 5.75 Å². The number of benzene rings is 2. The van der Waals surface area contributed by atoms with Crippen molar-refractivity contribution in [1.82, 2.24) is 5.32 Å². The molecule has 1 heterocycles. The van der Waals surface area contributed by atoms with Gasteiger partial charge in [-0.3, -0.25) is 9.59 Å². The van der Waals surface area contributed by atoms with Crippen molar-refractivity contribution in [3.63, 3.8) is 0 Å². The zero-order valence-corrected chi connectivity index (χ0v) is 14.3. The molecular weight excluding hydrogens is 374 g/mol. The molecule has 0 radical (unpaired) electrons. The predicted molar refractivity (Wildman–Crippen MR) is 96.0 cm³/mol. The van der Waals surface area contributed by atoms with Crippen LogP contribution in [0.4, 0.5) is 14.5 Å². The highest BCUT2D eigenvalue weighted by atomic mass is 19.2. The number of hydrogen-bond acceptors (Lipinski definition) is 5. The SMILES string of the molecule is O=C(COc1ccc2ccc(=O)oc2c1)NCC(=O)Nc1ccc(F)c(F)c1. The maximum atomic E-state index is 13.1. The lowest BCUT2D eigenvalue weighted by molar-refractivity contribution is -0.125. The summed E-state index contributed by atoms with van der Waals surface area (Å²) in [5.41, 5.74) is -0.127. The first kappa shape index (κ1) is 19.0. The highest BCUT2D eigenvalue weighted by molar-refractivity contribution is 5.94. The summed E-state index contributed by atoms with van der Waals surface area (Å²) in [5.74, 6) is -3.01. The molecule has 144 valence electrons. The summed E-state index contributed by atoms with van der Waals surface area (Å²) in [6, 6.07) is 10.5. The van der Waals surface area contributed by atoms with E-state index in [4.69, 9.17) is 9.15 Å². The lowest BCUT2D eigenvalue weighted by Gasteiger charge is -2.09. The van der Waals surface area contributed by atoms with Gasteiger partial charge in [0.2, 0.25) is 5.91 Å². The minimum Gasteiger partial charge on any atom is -0.484 e. The van der Waals surface area contributed by atoms with Gasteiger partial charge in [0.25, 0.3) is 5.91 Å². The normalized spacial score (nSPS) is 10.5. The largest absolute Gasteiger partial charge is 0.484 e. The van der Waals surface area contributed by atoms with E-state index >= 15 is 0 Å². The summed E-state index contributed by atoms with van der Waals surface area (Å²) < 4.78 is 36.2. The molecule has 0 fully saturated rings. The molecule has 0 saturated heterocycles. The summed E-state index contributed by atoms with van der Waals surface area (Å²) in [6.45, 7) is -0.755. The molecule has 0 aliphatic carbocycles. The van der Waals surface area contributed by atoms with E-state index < -0.39 is 29.1 Å². The lowest BCUT2D eigenvalue weighted by atomic mass is 10.2. The quantitative estimate of drug-likeness (QED) is 0.631. The minimum absolute atomic E-state index is 0.0621. The minimum atomic E-state index is -1.10. The number of hydrogen-bond donors (Lipinski definition) is 2. The average Bonchev–Trinajstić information content (AvgIpc) is 2.67.